The van der Waals surface area contributed by atoms with Crippen LogP contribution >= 0.6 is 0 Å². The Kier molecular flexibility index (Phi) is 5.83. The third-order valence-electron chi connectivity index (χ3n) is 3.65. The fourth-order valence-corrected chi connectivity index (χ4v) is 2.41. The molecule has 0 fully saturated rings. The molecule has 1 heterocycles. The van der Waals surface area contributed by atoms with Gasteiger partial charge in [-0.3, -0.25) is 9.78 Å². The van der Waals surface area contributed by atoms with Crippen molar-refractivity contribution in [3.8, 4) is 11.5 Å². The van der Waals surface area contributed by atoms with E-state index in [0.29, 0.717) is 30.3 Å². The molecule has 0 spiro atoms. The van der Waals surface area contributed by atoms with Gasteiger partial charge >= 0.3 is 0 Å². The monoisotopic (exact) mass is 348 g/mol. The predicted molar refractivity (Wildman–Crippen MR) is 101 cm³/mol. The Labute approximate surface area is 152 Å². The Bertz CT molecular complexity index is 852. The second kappa shape index (κ2) is 8.67. The van der Waals surface area contributed by atoms with E-state index in [0.717, 1.165) is 11.3 Å². The summed E-state index contributed by atoms with van der Waals surface area (Å²) >= 11 is 0. The van der Waals surface area contributed by atoms with E-state index in [1.54, 1.807) is 30.6 Å². The Morgan fingerprint density at radius 1 is 1.00 bits per heavy atom. The van der Waals surface area contributed by atoms with Crippen LogP contribution in [-0.4, -0.2) is 17.5 Å². The van der Waals surface area contributed by atoms with E-state index in [2.05, 4.69) is 10.3 Å². The highest BCUT2D eigenvalue weighted by molar-refractivity contribution is 6.04. The molecule has 0 saturated heterocycles. The van der Waals surface area contributed by atoms with Gasteiger partial charge in [-0.05, 0) is 43.3 Å². The molecular formula is C21H20N2O3. The standard InChI is InChI=1S/C21H20N2O3/c1-2-25-20-13-17(21(24)23-18-8-4-3-5-9-18)10-11-19(20)26-15-16-7-6-12-22-14-16/h3-14H,2,15H2,1H3,(H,23,24). The lowest BCUT2D eigenvalue weighted by Gasteiger charge is -2.13. The number of para-hydroxylation sites is 1. The van der Waals surface area contributed by atoms with Gasteiger partial charge in [-0.1, -0.05) is 24.3 Å². The van der Waals surface area contributed by atoms with Crippen molar-refractivity contribution in [2.45, 2.75) is 13.5 Å². The minimum atomic E-state index is -0.198. The maximum absolute atomic E-state index is 12.4. The van der Waals surface area contributed by atoms with E-state index < -0.39 is 0 Å². The molecule has 3 aromatic rings. The maximum atomic E-state index is 12.4. The number of rotatable bonds is 7. The number of carbonyl (C=O) groups is 1. The van der Waals surface area contributed by atoms with Crippen molar-refractivity contribution in [1.82, 2.24) is 4.98 Å². The highest BCUT2D eigenvalue weighted by Crippen LogP contribution is 2.29. The number of aromatic nitrogens is 1. The molecule has 0 aliphatic heterocycles. The molecule has 0 aliphatic carbocycles. The number of anilines is 1. The molecular weight excluding hydrogens is 328 g/mol. The number of carbonyl (C=O) groups excluding carboxylic acids is 1. The SMILES string of the molecule is CCOc1cc(C(=O)Nc2ccccc2)ccc1OCc1cccnc1. The molecule has 1 amide bonds. The Morgan fingerprint density at radius 2 is 1.85 bits per heavy atom. The van der Waals surface area contributed by atoms with Gasteiger partial charge in [0.1, 0.15) is 6.61 Å². The summed E-state index contributed by atoms with van der Waals surface area (Å²) in [5.41, 5.74) is 2.21. The summed E-state index contributed by atoms with van der Waals surface area (Å²) in [5.74, 6) is 0.931. The van der Waals surface area contributed by atoms with Crippen LogP contribution in [0.3, 0.4) is 0 Å². The van der Waals surface area contributed by atoms with Crippen LogP contribution in [-0.2, 0) is 6.61 Å². The molecule has 1 aromatic heterocycles. The first kappa shape index (κ1) is 17.5. The lowest BCUT2D eigenvalue weighted by molar-refractivity contribution is 0.102. The summed E-state index contributed by atoms with van der Waals surface area (Å²) in [5, 5.41) is 2.86. The number of hydrogen-bond acceptors (Lipinski definition) is 4. The zero-order valence-electron chi connectivity index (χ0n) is 14.5. The average Bonchev–Trinajstić information content (AvgIpc) is 2.69. The molecule has 2 aromatic carbocycles. The zero-order valence-corrected chi connectivity index (χ0v) is 14.5. The van der Waals surface area contributed by atoms with Crippen molar-refractivity contribution in [3.63, 3.8) is 0 Å². The first-order valence-corrected chi connectivity index (χ1v) is 8.41. The summed E-state index contributed by atoms with van der Waals surface area (Å²) < 4.78 is 11.5. The Morgan fingerprint density at radius 3 is 2.58 bits per heavy atom. The molecule has 0 radical (unpaired) electrons. The van der Waals surface area contributed by atoms with Gasteiger partial charge in [-0.25, -0.2) is 0 Å². The van der Waals surface area contributed by atoms with Crippen LogP contribution in [0.15, 0.2) is 73.1 Å². The van der Waals surface area contributed by atoms with Crippen LogP contribution in [0.1, 0.15) is 22.8 Å². The van der Waals surface area contributed by atoms with Crippen LogP contribution in [0.2, 0.25) is 0 Å². The number of hydrogen-bond donors (Lipinski definition) is 1. The van der Waals surface area contributed by atoms with Crippen LogP contribution in [0, 0.1) is 0 Å². The zero-order chi connectivity index (χ0) is 18.2. The number of pyridine rings is 1. The lowest BCUT2D eigenvalue weighted by Crippen LogP contribution is -2.12. The molecule has 132 valence electrons. The second-order valence-electron chi connectivity index (χ2n) is 5.56. The normalized spacial score (nSPS) is 10.2. The molecule has 0 saturated carbocycles. The molecule has 3 rings (SSSR count). The smallest absolute Gasteiger partial charge is 0.255 e. The molecule has 5 nitrogen and oxygen atoms in total. The first-order valence-electron chi connectivity index (χ1n) is 8.41. The predicted octanol–water partition coefficient (Wildman–Crippen LogP) is 4.31. The second-order valence-corrected chi connectivity index (χ2v) is 5.56. The maximum Gasteiger partial charge on any atom is 0.255 e. The number of ether oxygens (including phenoxy) is 2. The van der Waals surface area contributed by atoms with Crippen molar-refractivity contribution in [2.75, 3.05) is 11.9 Å². The van der Waals surface area contributed by atoms with Crippen molar-refractivity contribution in [3.05, 3.63) is 84.2 Å². The van der Waals surface area contributed by atoms with Gasteiger partial charge in [-0.2, -0.15) is 0 Å². The third kappa shape index (κ3) is 4.60. The third-order valence-corrected chi connectivity index (χ3v) is 3.65. The first-order chi connectivity index (χ1) is 12.8. The molecule has 0 bridgehead atoms. The summed E-state index contributed by atoms with van der Waals surface area (Å²) in [7, 11) is 0. The topological polar surface area (TPSA) is 60.5 Å². The van der Waals surface area contributed by atoms with E-state index in [9.17, 15) is 4.79 Å². The van der Waals surface area contributed by atoms with E-state index in [1.165, 1.54) is 0 Å². The molecule has 0 unspecified atom stereocenters. The minimum absolute atomic E-state index is 0.198. The van der Waals surface area contributed by atoms with Crippen molar-refractivity contribution in [2.24, 2.45) is 0 Å². The van der Waals surface area contributed by atoms with Crippen molar-refractivity contribution >= 4 is 11.6 Å². The van der Waals surface area contributed by atoms with E-state index in [-0.39, 0.29) is 5.91 Å². The van der Waals surface area contributed by atoms with Gasteiger partial charge in [-0.15, -0.1) is 0 Å². The van der Waals surface area contributed by atoms with Crippen LogP contribution in [0.5, 0.6) is 11.5 Å². The summed E-state index contributed by atoms with van der Waals surface area (Å²) in [6.07, 6.45) is 3.47. The average molecular weight is 348 g/mol. The van der Waals surface area contributed by atoms with Gasteiger partial charge in [0.15, 0.2) is 11.5 Å². The Balaban J connectivity index is 1.74. The molecule has 1 N–H and O–H groups in total. The number of nitrogens with zero attached hydrogens (tertiary/aromatic N) is 1. The highest BCUT2D eigenvalue weighted by atomic mass is 16.5. The van der Waals surface area contributed by atoms with Gasteiger partial charge < -0.3 is 14.8 Å². The van der Waals surface area contributed by atoms with E-state index in [1.807, 2.05) is 49.4 Å². The number of amides is 1. The van der Waals surface area contributed by atoms with Crippen molar-refractivity contribution in [1.29, 1.82) is 0 Å². The Hall–Kier alpha value is -3.34. The van der Waals surface area contributed by atoms with Gasteiger partial charge in [0, 0.05) is 29.2 Å². The summed E-state index contributed by atoms with van der Waals surface area (Å²) in [6.45, 7) is 2.75. The van der Waals surface area contributed by atoms with Crippen molar-refractivity contribution < 1.29 is 14.3 Å². The number of benzene rings is 2. The van der Waals surface area contributed by atoms with Gasteiger partial charge in [0.25, 0.3) is 5.91 Å². The van der Waals surface area contributed by atoms with E-state index >= 15 is 0 Å². The van der Waals surface area contributed by atoms with Gasteiger partial charge in [0.2, 0.25) is 0 Å². The summed E-state index contributed by atoms with van der Waals surface area (Å²) in [4.78, 5) is 16.5. The fraction of sp³-hybridized carbons (Fsp3) is 0.143. The largest absolute Gasteiger partial charge is 0.490 e. The fourth-order valence-electron chi connectivity index (χ4n) is 2.41. The molecule has 0 atom stereocenters. The highest BCUT2D eigenvalue weighted by Gasteiger charge is 2.12. The molecule has 0 aliphatic rings. The lowest BCUT2D eigenvalue weighted by atomic mass is 10.1. The van der Waals surface area contributed by atoms with E-state index in [4.69, 9.17) is 9.47 Å². The number of nitrogens with one attached hydrogen (secondary N) is 1. The van der Waals surface area contributed by atoms with Crippen LogP contribution < -0.4 is 14.8 Å². The molecule has 5 heteroatoms. The van der Waals surface area contributed by atoms with Gasteiger partial charge in [0.05, 0.1) is 6.61 Å². The quantitative estimate of drug-likeness (QED) is 0.691. The summed E-state index contributed by atoms with van der Waals surface area (Å²) in [6, 6.07) is 18.3. The van der Waals surface area contributed by atoms with Crippen LogP contribution in [0.4, 0.5) is 5.69 Å². The molecule has 26 heavy (non-hydrogen) atoms. The minimum Gasteiger partial charge on any atom is -0.490 e. The van der Waals surface area contributed by atoms with Crippen LogP contribution in [0.25, 0.3) is 0 Å².